The van der Waals surface area contributed by atoms with E-state index in [1.165, 1.54) is 4.80 Å². The molecule has 152 valence electrons. The van der Waals surface area contributed by atoms with Gasteiger partial charge in [0.15, 0.2) is 0 Å². The van der Waals surface area contributed by atoms with E-state index in [-0.39, 0.29) is 12.5 Å². The first kappa shape index (κ1) is 19.3. The van der Waals surface area contributed by atoms with Crippen LogP contribution in [-0.4, -0.2) is 42.8 Å². The minimum Gasteiger partial charge on any atom is -0.496 e. The van der Waals surface area contributed by atoms with Crippen molar-refractivity contribution in [2.45, 2.75) is 12.6 Å². The van der Waals surface area contributed by atoms with Crippen LogP contribution < -0.4 is 10.1 Å². The Kier molecular flexibility index (Phi) is 5.51. The van der Waals surface area contributed by atoms with Gasteiger partial charge in [-0.1, -0.05) is 48.5 Å². The highest BCUT2D eigenvalue weighted by molar-refractivity contribution is 5.76. The van der Waals surface area contributed by atoms with E-state index in [1.54, 1.807) is 13.3 Å². The van der Waals surface area contributed by atoms with Crippen LogP contribution >= 0.6 is 0 Å². The highest BCUT2D eigenvalue weighted by Crippen LogP contribution is 2.29. The minimum absolute atomic E-state index is 0.0735. The number of hydrogen-bond donors (Lipinski definition) is 1. The second-order valence-corrected chi connectivity index (χ2v) is 6.65. The zero-order valence-electron chi connectivity index (χ0n) is 16.6. The van der Waals surface area contributed by atoms with Crippen molar-refractivity contribution < 1.29 is 9.53 Å². The van der Waals surface area contributed by atoms with Crippen molar-refractivity contribution in [1.82, 2.24) is 35.1 Å². The molecule has 9 nitrogen and oxygen atoms in total. The van der Waals surface area contributed by atoms with Crippen molar-refractivity contribution in [3.05, 3.63) is 78.4 Å². The summed E-state index contributed by atoms with van der Waals surface area (Å²) in [4.78, 5) is 18.5. The van der Waals surface area contributed by atoms with Crippen LogP contribution in [0.3, 0.4) is 0 Å². The number of nitrogens with zero attached hydrogens (tertiary/aromatic N) is 6. The van der Waals surface area contributed by atoms with Gasteiger partial charge in [0, 0.05) is 30.6 Å². The van der Waals surface area contributed by atoms with Crippen molar-refractivity contribution in [1.29, 1.82) is 0 Å². The number of methoxy groups -OCH3 is 1. The van der Waals surface area contributed by atoms with E-state index < -0.39 is 6.04 Å². The number of tetrazole rings is 1. The fourth-order valence-electron chi connectivity index (χ4n) is 3.19. The van der Waals surface area contributed by atoms with Crippen LogP contribution in [0.5, 0.6) is 5.75 Å². The molecule has 0 aliphatic carbocycles. The number of aryl methyl sites for hydroxylation is 1. The van der Waals surface area contributed by atoms with Crippen LogP contribution in [0.25, 0.3) is 11.4 Å². The van der Waals surface area contributed by atoms with Crippen LogP contribution in [0.2, 0.25) is 0 Å². The molecule has 2 heterocycles. The number of rotatable bonds is 7. The molecule has 0 radical (unpaired) electrons. The molecule has 2 aromatic heterocycles. The summed E-state index contributed by atoms with van der Waals surface area (Å²) in [5.41, 5.74) is 1.64. The molecule has 0 saturated carbocycles. The maximum Gasteiger partial charge on any atom is 0.244 e. The second kappa shape index (κ2) is 8.56. The SMILES string of the molecule is COc1ccccc1C(NC(=O)Cn1nnc(-c2ccccc2)n1)c1nccn1C. The molecule has 30 heavy (non-hydrogen) atoms. The topological polar surface area (TPSA) is 99.8 Å². The van der Waals surface area contributed by atoms with E-state index in [9.17, 15) is 4.79 Å². The summed E-state index contributed by atoms with van der Waals surface area (Å²) in [5.74, 6) is 1.54. The van der Waals surface area contributed by atoms with Gasteiger partial charge >= 0.3 is 0 Å². The van der Waals surface area contributed by atoms with Gasteiger partial charge in [-0.2, -0.15) is 4.80 Å². The van der Waals surface area contributed by atoms with Crippen molar-refractivity contribution in [3.63, 3.8) is 0 Å². The summed E-state index contributed by atoms with van der Waals surface area (Å²) >= 11 is 0. The van der Waals surface area contributed by atoms with Gasteiger partial charge in [0.1, 0.15) is 24.2 Å². The molecule has 1 atom stereocenters. The zero-order valence-corrected chi connectivity index (χ0v) is 16.6. The standard InChI is InChI=1S/C21H21N7O2/c1-27-13-12-22-21(27)19(16-10-6-7-11-17(16)30-2)23-18(29)14-28-25-20(24-26-28)15-8-4-3-5-9-15/h3-13,19H,14H2,1-2H3,(H,23,29). The van der Waals surface area contributed by atoms with Crippen molar-refractivity contribution in [2.75, 3.05) is 7.11 Å². The second-order valence-electron chi connectivity index (χ2n) is 6.65. The molecule has 0 bridgehead atoms. The summed E-state index contributed by atoms with van der Waals surface area (Å²) in [5, 5.41) is 15.3. The number of carbonyl (C=O) groups is 1. The van der Waals surface area contributed by atoms with Crippen LogP contribution in [-0.2, 0) is 18.4 Å². The number of benzene rings is 2. The van der Waals surface area contributed by atoms with Crippen molar-refractivity contribution >= 4 is 5.91 Å². The number of amides is 1. The third-order valence-corrected chi connectivity index (χ3v) is 4.64. The highest BCUT2D eigenvalue weighted by atomic mass is 16.5. The zero-order chi connectivity index (χ0) is 20.9. The summed E-state index contributed by atoms with van der Waals surface area (Å²) in [6.45, 7) is -0.0735. The lowest BCUT2D eigenvalue weighted by atomic mass is 10.0. The first-order valence-corrected chi connectivity index (χ1v) is 9.38. The Balaban J connectivity index is 1.56. The van der Waals surface area contributed by atoms with Crippen molar-refractivity contribution in [3.8, 4) is 17.1 Å². The Morgan fingerprint density at radius 1 is 1.13 bits per heavy atom. The molecule has 1 amide bonds. The Hall–Kier alpha value is -4.01. The summed E-state index contributed by atoms with van der Waals surface area (Å²) in [7, 11) is 3.47. The van der Waals surface area contributed by atoms with E-state index in [0.717, 1.165) is 11.1 Å². The number of hydrogen-bond acceptors (Lipinski definition) is 6. The van der Waals surface area contributed by atoms with E-state index in [2.05, 4.69) is 25.7 Å². The smallest absolute Gasteiger partial charge is 0.244 e. The lowest BCUT2D eigenvalue weighted by Crippen LogP contribution is -2.34. The van der Waals surface area contributed by atoms with Crippen molar-refractivity contribution in [2.24, 2.45) is 7.05 Å². The molecule has 0 aliphatic rings. The van der Waals surface area contributed by atoms with Gasteiger partial charge in [0.25, 0.3) is 0 Å². The van der Waals surface area contributed by atoms with Gasteiger partial charge in [-0.3, -0.25) is 4.79 Å². The average molecular weight is 403 g/mol. The predicted octanol–water partition coefficient (Wildman–Crippen LogP) is 1.99. The number of carbonyl (C=O) groups excluding carboxylic acids is 1. The lowest BCUT2D eigenvalue weighted by Gasteiger charge is -2.21. The van der Waals surface area contributed by atoms with Gasteiger partial charge in [-0.25, -0.2) is 4.98 Å². The molecule has 0 spiro atoms. The fraction of sp³-hybridized carbons (Fsp3) is 0.190. The molecule has 4 rings (SSSR count). The largest absolute Gasteiger partial charge is 0.496 e. The van der Waals surface area contributed by atoms with Gasteiger partial charge in [0.05, 0.1) is 7.11 Å². The van der Waals surface area contributed by atoms with E-state index in [0.29, 0.717) is 17.4 Å². The molecule has 0 saturated heterocycles. The van der Waals surface area contributed by atoms with Crippen LogP contribution in [0.1, 0.15) is 17.4 Å². The molecule has 9 heteroatoms. The van der Waals surface area contributed by atoms with Crippen LogP contribution in [0.15, 0.2) is 67.0 Å². The summed E-state index contributed by atoms with van der Waals surface area (Å²) in [6.07, 6.45) is 3.52. The Morgan fingerprint density at radius 3 is 2.63 bits per heavy atom. The molecular formula is C21H21N7O2. The third kappa shape index (κ3) is 4.04. The molecule has 1 N–H and O–H groups in total. The first-order valence-electron chi connectivity index (χ1n) is 9.38. The molecular weight excluding hydrogens is 382 g/mol. The first-order chi connectivity index (χ1) is 14.7. The summed E-state index contributed by atoms with van der Waals surface area (Å²) in [6, 6.07) is 16.5. The average Bonchev–Trinajstić information content (AvgIpc) is 3.41. The third-order valence-electron chi connectivity index (χ3n) is 4.64. The summed E-state index contributed by atoms with van der Waals surface area (Å²) < 4.78 is 7.35. The van der Waals surface area contributed by atoms with Gasteiger partial charge in [-0.15, -0.1) is 10.2 Å². The molecule has 0 fully saturated rings. The van der Waals surface area contributed by atoms with Crippen LogP contribution in [0.4, 0.5) is 0 Å². The number of nitrogens with one attached hydrogen (secondary N) is 1. The van der Waals surface area contributed by atoms with E-state index in [4.69, 9.17) is 4.74 Å². The normalized spacial score (nSPS) is 11.8. The van der Waals surface area contributed by atoms with Gasteiger partial charge in [-0.05, 0) is 11.3 Å². The number of ether oxygens (including phenoxy) is 1. The van der Waals surface area contributed by atoms with Gasteiger partial charge < -0.3 is 14.6 Å². The quantitative estimate of drug-likeness (QED) is 0.507. The minimum atomic E-state index is -0.495. The fourth-order valence-corrected chi connectivity index (χ4v) is 3.19. The lowest BCUT2D eigenvalue weighted by molar-refractivity contribution is -0.122. The van der Waals surface area contributed by atoms with Gasteiger partial charge in [0.2, 0.25) is 11.7 Å². The number of para-hydroxylation sites is 1. The van der Waals surface area contributed by atoms with E-state index >= 15 is 0 Å². The number of imidazole rings is 1. The maximum absolute atomic E-state index is 12.8. The van der Waals surface area contributed by atoms with Crippen LogP contribution in [0, 0.1) is 0 Å². The monoisotopic (exact) mass is 403 g/mol. The highest BCUT2D eigenvalue weighted by Gasteiger charge is 2.24. The molecule has 1 unspecified atom stereocenters. The number of aromatic nitrogens is 6. The molecule has 4 aromatic rings. The molecule has 2 aromatic carbocycles. The Morgan fingerprint density at radius 2 is 1.90 bits per heavy atom. The maximum atomic E-state index is 12.8. The predicted molar refractivity (Wildman–Crippen MR) is 109 cm³/mol. The van der Waals surface area contributed by atoms with E-state index in [1.807, 2.05) is 72.4 Å². The Labute approximate surface area is 173 Å². The Bertz CT molecular complexity index is 1140. The molecule has 0 aliphatic heterocycles.